The number of fused-ring (bicyclic) bond motifs is 1. The smallest absolute Gasteiger partial charge is 0.0342 e. The largest absolute Gasteiger partial charge is 0.661 e. The van der Waals surface area contributed by atoms with Gasteiger partial charge in [0.15, 0.2) is 0 Å². The van der Waals surface area contributed by atoms with Crippen LogP contribution in [-0.2, 0) is 0 Å². The Morgan fingerprint density at radius 3 is 2.47 bits per heavy atom. The van der Waals surface area contributed by atoms with E-state index in [9.17, 15) is 0 Å². The van der Waals surface area contributed by atoms with Crippen LogP contribution < -0.4 is 0 Å². The summed E-state index contributed by atoms with van der Waals surface area (Å²) in [6.45, 7) is 9.95. The normalized spacial score (nSPS) is 56.8. The van der Waals surface area contributed by atoms with Gasteiger partial charge in [0, 0.05) is 0 Å². The van der Waals surface area contributed by atoms with Crippen molar-refractivity contribution >= 4 is 0 Å². The lowest BCUT2D eigenvalue weighted by Gasteiger charge is -2.65. The summed E-state index contributed by atoms with van der Waals surface area (Å²) in [7, 11) is 2.07. The van der Waals surface area contributed by atoms with Gasteiger partial charge in [-0.1, -0.05) is 27.7 Å². The van der Waals surface area contributed by atoms with Crippen LogP contribution >= 0.6 is 0 Å². The molecule has 4 bridgehead atoms. The molecule has 4 aliphatic carbocycles. The molecule has 0 spiro atoms. The first-order valence-electron chi connectivity index (χ1n) is 7.51. The third-order valence-corrected chi connectivity index (χ3v) is 6.72. The van der Waals surface area contributed by atoms with E-state index < -0.39 is 0 Å². The van der Waals surface area contributed by atoms with E-state index in [1.807, 2.05) is 0 Å². The van der Waals surface area contributed by atoms with Crippen LogP contribution in [0.5, 0.6) is 0 Å². The second-order valence-electron chi connectivity index (χ2n) is 7.95. The summed E-state index contributed by atoms with van der Waals surface area (Å²) in [6, 6.07) is 0.633. The van der Waals surface area contributed by atoms with E-state index in [1.165, 1.54) is 25.7 Å². The molecule has 98 valence electrons. The molecule has 0 amide bonds. The molecule has 0 aromatic carbocycles. The molecule has 6 atom stereocenters. The minimum Gasteiger partial charge on any atom is -0.661 e. The van der Waals surface area contributed by atoms with Crippen molar-refractivity contribution < 1.29 is 0 Å². The molecule has 0 N–H and O–H groups in total. The van der Waals surface area contributed by atoms with E-state index in [-0.39, 0.29) is 0 Å². The topological polar surface area (TPSA) is 14.1 Å². The zero-order valence-electron chi connectivity index (χ0n) is 12.2. The van der Waals surface area contributed by atoms with E-state index in [2.05, 4.69) is 34.7 Å². The van der Waals surface area contributed by atoms with Gasteiger partial charge in [0.05, 0.1) is 0 Å². The van der Waals surface area contributed by atoms with E-state index in [0.717, 1.165) is 23.7 Å². The molecule has 1 heteroatoms. The quantitative estimate of drug-likeness (QED) is 0.669. The summed E-state index contributed by atoms with van der Waals surface area (Å²) in [5.74, 6) is 3.82. The highest BCUT2D eigenvalue weighted by molar-refractivity contribution is 5.22. The lowest BCUT2D eigenvalue weighted by atomic mass is 9.48. The lowest BCUT2D eigenvalue weighted by Crippen LogP contribution is -2.56. The summed E-state index contributed by atoms with van der Waals surface area (Å²) in [5.41, 5.74) is 1.05. The van der Waals surface area contributed by atoms with Gasteiger partial charge in [-0.3, -0.25) is 0 Å². The van der Waals surface area contributed by atoms with Crippen molar-refractivity contribution in [3.05, 3.63) is 5.32 Å². The summed E-state index contributed by atoms with van der Waals surface area (Å²) in [4.78, 5) is 0. The van der Waals surface area contributed by atoms with E-state index in [1.54, 1.807) is 0 Å². The Kier molecular flexibility index (Phi) is 2.47. The summed E-state index contributed by atoms with van der Waals surface area (Å²) in [5, 5.41) is 4.85. The highest BCUT2D eigenvalue weighted by atomic mass is 15.0. The Balaban J connectivity index is 2.01. The van der Waals surface area contributed by atoms with E-state index >= 15 is 0 Å². The minimum absolute atomic E-state index is 0.520. The average Bonchev–Trinajstić information content (AvgIpc) is 2.48. The molecular formula is C16H28N-. The van der Waals surface area contributed by atoms with Crippen molar-refractivity contribution in [2.45, 2.75) is 59.4 Å². The molecule has 0 aromatic heterocycles. The number of hydrogen-bond donors (Lipinski definition) is 0. The van der Waals surface area contributed by atoms with Crippen LogP contribution in [0.1, 0.15) is 53.4 Å². The van der Waals surface area contributed by atoms with Crippen molar-refractivity contribution in [2.75, 3.05) is 7.05 Å². The predicted molar refractivity (Wildman–Crippen MR) is 73.1 cm³/mol. The Hall–Kier alpha value is -0.0400. The second-order valence-corrected chi connectivity index (χ2v) is 7.95. The Morgan fingerprint density at radius 2 is 1.88 bits per heavy atom. The molecular weight excluding hydrogens is 206 g/mol. The molecule has 0 aliphatic heterocycles. The second kappa shape index (κ2) is 3.50. The predicted octanol–water partition coefficient (Wildman–Crippen LogP) is 4.48. The van der Waals surface area contributed by atoms with Gasteiger partial charge in [-0.25, -0.2) is 0 Å². The molecule has 0 heterocycles. The molecule has 4 fully saturated rings. The van der Waals surface area contributed by atoms with E-state index in [4.69, 9.17) is 5.32 Å². The zero-order valence-corrected chi connectivity index (χ0v) is 12.2. The summed E-state index contributed by atoms with van der Waals surface area (Å²) < 4.78 is 0. The monoisotopic (exact) mass is 234 g/mol. The van der Waals surface area contributed by atoms with Crippen LogP contribution in [0.4, 0.5) is 0 Å². The highest BCUT2D eigenvalue weighted by Crippen LogP contribution is 2.71. The van der Waals surface area contributed by atoms with Gasteiger partial charge in [0.25, 0.3) is 0 Å². The van der Waals surface area contributed by atoms with Crippen LogP contribution in [0.15, 0.2) is 0 Å². The maximum absolute atomic E-state index is 4.85. The first-order valence-corrected chi connectivity index (χ1v) is 7.51. The van der Waals surface area contributed by atoms with Crippen LogP contribution in [0.25, 0.3) is 5.32 Å². The van der Waals surface area contributed by atoms with Crippen LogP contribution in [0.2, 0.25) is 0 Å². The molecule has 17 heavy (non-hydrogen) atoms. The van der Waals surface area contributed by atoms with Gasteiger partial charge in [-0.05, 0) is 60.2 Å². The number of nitrogens with zero attached hydrogens (tertiary/aromatic N) is 1. The van der Waals surface area contributed by atoms with Gasteiger partial charge >= 0.3 is 0 Å². The zero-order chi connectivity index (χ0) is 12.4. The average molecular weight is 234 g/mol. The first kappa shape index (κ1) is 12.0. The standard InChI is InChI=1S/C16H28N/c1-10(2)11-9-16(4)13-6-7-15(3,8-12(11)13)14(16)17-5/h10-14H,6-9H2,1-5H3/q-1/t11?,12?,13?,14-,15?,16?/m1/s1. The third kappa shape index (κ3) is 1.35. The van der Waals surface area contributed by atoms with Gasteiger partial charge in [0.2, 0.25) is 0 Å². The lowest BCUT2D eigenvalue weighted by molar-refractivity contribution is -0.0548. The van der Waals surface area contributed by atoms with Crippen molar-refractivity contribution in [2.24, 2.45) is 34.5 Å². The fourth-order valence-corrected chi connectivity index (χ4v) is 6.26. The Labute approximate surface area is 107 Å². The molecule has 0 saturated heterocycles. The van der Waals surface area contributed by atoms with Crippen LogP contribution in [0.3, 0.4) is 0 Å². The van der Waals surface area contributed by atoms with Gasteiger partial charge in [-0.15, -0.1) is 6.04 Å². The van der Waals surface area contributed by atoms with E-state index in [0.29, 0.717) is 16.9 Å². The molecule has 0 aromatic rings. The third-order valence-electron chi connectivity index (χ3n) is 6.72. The van der Waals surface area contributed by atoms with Gasteiger partial charge < -0.3 is 5.32 Å². The molecule has 4 saturated carbocycles. The van der Waals surface area contributed by atoms with Crippen molar-refractivity contribution in [1.82, 2.24) is 0 Å². The Bertz CT molecular complexity index is 323. The number of rotatable bonds is 2. The molecule has 4 rings (SSSR count). The maximum atomic E-state index is 4.85. The van der Waals surface area contributed by atoms with Crippen molar-refractivity contribution in [3.8, 4) is 0 Å². The first-order chi connectivity index (χ1) is 7.92. The highest BCUT2D eigenvalue weighted by Gasteiger charge is 2.62. The molecule has 4 aliphatic rings. The fraction of sp³-hybridized carbons (Fsp3) is 1.00. The summed E-state index contributed by atoms with van der Waals surface area (Å²) >= 11 is 0. The van der Waals surface area contributed by atoms with Crippen molar-refractivity contribution in [3.63, 3.8) is 0 Å². The van der Waals surface area contributed by atoms with Gasteiger partial charge in [-0.2, -0.15) is 7.05 Å². The van der Waals surface area contributed by atoms with Gasteiger partial charge in [0.1, 0.15) is 0 Å². The minimum atomic E-state index is 0.520. The Morgan fingerprint density at radius 1 is 1.18 bits per heavy atom. The molecule has 1 nitrogen and oxygen atoms in total. The molecule has 0 radical (unpaired) electrons. The van der Waals surface area contributed by atoms with Crippen LogP contribution in [0, 0.1) is 34.5 Å². The maximum Gasteiger partial charge on any atom is -0.0342 e. The number of hydrogen-bond acceptors (Lipinski definition) is 0. The SMILES string of the molecule is C[N-][C@@H]1C2(C)CCC3C(C2)C(C(C)C)CC31C. The molecule has 5 unspecified atom stereocenters. The fourth-order valence-electron chi connectivity index (χ4n) is 6.26. The van der Waals surface area contributed by atoms with Crippen LogP contribution in [-0.4, -0.2) is 13.1 Å². The van der Waals surface area contributed by atoms with Crippen molar-refractivity contribution in [1.29, 1.82) is 0 Å². The summed E-state index contributed by atoms with van der Waals surface area (Å²) in [6.07, 6.45) is 5.80.